The number of nitrogens with one attached hydrogen (secondary N) is 1. The smallest absolute Gasteiger partial charge is 0.0146 e. The third kappa shape index (κ3) is 4.50. The quantitative estimate of drug-likeness (QED) is 0.581. The zero-order valence-corrected chi connectivity index (χ0v) is 9.72. The van der Waals surface area contributed by atoms with Crippen LogP contribution >= 0.6 is 0 Å². The minimum atomic E-state index is 0.471. The van der Waals surface area contributed by atoms with E-state index in [-0.39, 0.29) is 0 Å². The summed E-state index contributed by atoms with van der Waals surface area (Å²) in [6.45, 7) is 8.02. The molecule has 1 N–H and O–H groups in total. The standard InChI is InChI=1S/C13H23N/c1-12-6-4-5-8-13(2,3)9-11-14-10-7-12/h4,6-7,10,12,14H,5,8-9,11H2,1-3H3/b6-4-,10-7?/t12-/m0/s1. The maximum absolute atomic E-state index is 3.35. The van der Waals surface area contributed by atoms with Gasteiger partial charge in [-0.3, -0.25) is 0 Å². The largest absolute Gasteiger partial charge is 0.391 e. The first-order valence-electron chi connectivity index (χ1n) is 5.67. The van der Waals surface area contributed by atoms with E-state index in [9.17, 15) is 0 Å². The summed E-state index contributed by atoms with van der Waals surface area (Å²) in [6.07, 6.45) is 12.7. The Kier molecular flexibility index (Phi) is 4.24. The minimum Gasteiger partial charge on any atom is -0.391 e. The molecule has 0 saturated carbocycles. The summed E-state index contributed by atoms with van der Waals surface area (Å²) in [5.74, 6) is 0.559. The molecule has 0 aromatic rings. The van der Waals surface area contributed by atoms with Crippen LogP contribution in [0, 0.1) is 11.3 Å². The van der Waals surface area contributed by atoms with Crippen LogP contribution in [0.3, 0.4) is 0 Å². The summed E-state index contributed by atoms with van der Waals surface area (Å²) >= 11 is 0. The van der Waals surface area contributed by atoms with Crippen molar-refractivity contribution in [3.05, 3.63) is 24.4 Å². The van der Waals surface area contributed by atoms with Gasteiger partial charge in [-0.1, -0.05) is 39.0 Å². The van der Waals surface area contributed by atoms with Crippen LogP contribution in [0.2, 0.25) is 0 Å². The Morgan fingerprint density at radius 3 is 2.79 bits per heavy atom. The summed E-state index contributed by atoms with van der Waals surface area (Å²) in [6, 6.07) is 0. The van der Waals surface area contributed by atoms with Crippen LogP contribution in [-0.2, 0) is 0 Å². The van der Waals surface area contributed by atoms with E-state index in [4.69, 9.17) is 0 Å². The molecule has 0 aromatic carbocycles. The fourth-order valence-corrected chi connectivity index (χ4v) is 1.69. The molecular weight excluding hydrogens is 170 g/mol. The lowest BCUT2D eigenvalue weighted by Crippen LogP contribution is -2.18. The Morgan fingerprint density at radius 1 is 1.21 bits per heavy atom. The SMILES string of the molecule is C[C@@H]1C=CNCCC(C)(C)CC/C=C\1. The number of hydrogen-bond donors (Lipinski definition) is 1. The van der Waals surface area contributed by atoms with Gasteiger partial charge in [0.05, 0.1) is 0 Å². The molecule has 0 aromatic heterocycles. The molecule has 0 spiro atoms. The molecule has 1 aliphatic heterocycles. The van der Waals surface area contributed by atoms with Crippen molar-refractivity contribution < 1.29 is 0 Å². The molecule has 1 nitrogen and oxygen atoms in total. The average Bonchev–Trinajstić information content (AvgIpc) is 2.13. The van der Waals surface area contributed by atoms with Crippen molar-refractivity contribution >= 4 is 0 Å². The van der Waals surface area contributed by atoms with Gasteiger partial charge in [-0.05, 0) is 36.8 Å². The van der Waals surface area contributed by atoms with Gasteiger partial charge in [0.2, 0.25) is 0 Å². The number of rotatable bonds is 0. The van der Waals surface area contributed by atoms with E-state index in [1.165, 1.54) is 19.3 Å². The molecule has 1 aliphatic rings. The Labute approximate surface area is 88.3 Å². The Hall–Kier alpha value is -0.720. The Bertz CT molecular complexity index is 213. The van der Waals surface area contributed by atoms with Crippen LogP contribution < -0.4 is 5.32 Å². The van der Waals surface area contributed by atoms with Gasteiger partial charge in [-0.25, -0.2) is 0 Å². The molecule has 0 amide bonds. The van der Waals surface area contributed by atoms with Gasteiger partial charge in [-0.2, -0.15) is 0 Å². The molecule has 1 atom stereocenters. The molecule has 0 radical (unpaired) electrons. The Balaban J connectivity index is 2.53. The van der Waals surface area contributed by atoms with E-state index >= 15 is 0 Å². The van der Waals surface area contributed by atoms with Crippen LogP contribution in [0.25, 0.3) is 0 Å². The summed E-state index contributed by atoms with van der Waals surface area (Å²) in [5, 5.41) is 3.35. The molecule has 1 heterocycles. The van der Waals surface area contributed by atoms with Crippen molar-refractivity contribution in [2.45, 2.75) is 40.0 Å². The second-order valence-electron chi connectivity index (χ2n) is 5.05. The summed E-state index contributed by atoms with van der Waals surface area (Å²) in [5.41, 5.74) is 0.471. The molecule has 1 rings (SSSR count). The van der Waals surface area contributed by atoms with Gasteiger partial charge >= 0.3 is 0 Å². The van der Waals surface area contributed by atoms with Crippen LogP contribution in [0.15, 0.2) is 24.4 Å². The topological polar surface area (TPSA) is 12.0 Å². The lowest BCUT2D eigenvalue weighted by atomic mass is 9.84. The molecule has 0 bridgehead atoms. The van der Waals surface area contributed by atoms with E-state index in [1.807, 2.05) is 0 Å². The predicted molar refractivity (Wildman–Crippen MR) is 63.1 cm³/mol. The normalized spacial score (nSPS) is 30.1. The van der Waals surface area contributed by atoms with Gasteiger partial charge in [-0.15, -0.1) is 0 Å². The lowest BCUT2D eigenvalue weighted by Gasteiger charge is -2.23. The molecule has 0 saturated heterocycles. The monoisotopic (exact) mass is 193 g/mol. The Morgan fingerprint density at radius 2 is 2.00 bits per heavy atom. The van der Waals surface area contributed by atoms with E-state index < -0.39 is 0 Å². The predicted octanol–water partition coefficient (Wildman–Crippen LogP) is 3.49. The summed E-state index contributed by atoms with van der Waals surface area (Å²) < 4.78 is 0. The van der Waals surface area contributed by atoms with Crippen LogP contribution in [-0.4, -0.2) is 6.54 Å². The third-order valence-electron chi connectivity index (χ3n) is 2.89. The van der Waals surface area contributed by atoms with E-state index in [0.717, 1.165) is 6.54 Å². The van der Waals surface area contributed by atoms with Crippen molar-refractivity contribution in [1.82, 2.24) is 5.32 Å². The number of hydrogen-bond acceptors (Lipinski definition) is 1. The van der Waals surface area contributed by atoms with Crippen LogP contribution in [0.1, 0.15) is 40.0 Å². The van der Waals surface area contributed by atoms with Crippen LogP contribution in [0.5, 0.6) is 0 Å². The van der Waals surface area contributed by atoms with Gasteiger partial charge in [0, 0.05) is 6.54 Å². The number of allylic oxidation sites excluding steroid dienone is 3. The maximum Gasteiger partial charge on any atom is 0.0146 e. The molecule has 0 unspecified atom stereocenters. The van der Waals surface area contributed by atoms with E-state index in [0.29, 0.717) is 11.3 Å². The molecule has 0 aliphatic carbocycles. The third-order valence-corrected chi connectivity index (χ3v) is 2.89. The molecule has 0 fully saturated rings. The van der Waals surface area contributed by atoms with Gasteiger partial charge in [0.25, 0.3) is 0 Å². The highest BCUT2D eigenvalue weighted by atomic mass is 14.8. The molecular formula is C13H23N. The highest BCUT2D eigenvalue weighted by Crippen LogP contribution is 2.26. The minimum absolute atomic E-state index is 0.471. The summed E-state index contributed by atoms with van der Waals surface area (Å²) in [7, 11) is 0. The molecule has 1 heteroatoms. The van der Waals surface area contributed by atoms with E-state index in [1.54, 1.807) is 0 Å². The second kappa shape index (κ2) is 5.23. The lowest BCUT2D eigenvalue weighted by molar-refractivity contribution is 0.310. The van der Waals surface area contributed by atoms with E-state index in [2.05, 4.69) is 50.5 Å². The van der Waals surface area contributed by atoms with Crippen molar-refractivity contribution in [3.63, 3.8) is 0 Å². The van der Waals surface area contributed by atoms with Crippen LogP contribution in [0.4, 0.5) is 0 Å². The molecule has 80 valence electrons. The first-order chi connectivity index (χ1) is 6.60. The first-order valence-corrected chi connectivity index (χ1v) is 5.67. The second-order valence-corrected chi connectivity index (χ2v) is 5.05. The van der Waals surface area contributed by atoms with Gasteiger partial charge in [0.15, 0.2) is 0 Å². The zero-order valence-electron chi connectivity index (χ0n) is 9.72. The van der Waals surface area contributed by atoms with Gasteiger partial charge in [0.1, 0.15) is 0 Å². The van der Waals surface area contributed by atoms with Crippen molar-refractivity contribution in [2.24, 2.45) is 11.3 Å². The highest BCUT2D eigenvalue weighted by molar-refractivity contribution is 4.99. The fourth-order valence-electron chi connectivity index (χ4n) is 1.69. The van der Waals surface area contributed by atoms with Crippen molar-refractivity contribution in [3.8, 4) is 0 Å². The zero-order chi connectivity index (χ0) is 10.4. The molecule has 14 heavy (non-hydrogen) atoms. The summed E-state index contributed by atoms with van der Waals surface area (Å²) in [4.78, 5) is 0. The highest BCUT2D eigenvalue weighted by Gasteiger charge is 2.15. The average molecular weight is 193 g/mol. The van der Waals surface area contributed by atoms with Crippen molar-refractivity contribution in [1.29, 1.82) is 0 Å². The maximum atomic E-state index is 3.35. The van der Waals surface area contributed by atoms with Gasteiger partial charge < -0.3 is 5.32 Å². The fraction of sp³-hybridized carbons (Fsp3) is 0.692. The van der Waals surface area contributed by atoms with Crippen molar-refractivity contribution in [2.75, 3.05) is 6.54 Å². The first kappa shape index (κ1) is 11.4.